The number of rotatable bonds is 2. The van der Waals surface area contributed by atoms with Gasteiger partial charge in [-0.2, -0.15) is 0 Å². The Kier molecular flexibility index (Phi) is 8.89. The van der Waals surface area contributed by atoms with Gasteiger partial charge in [-0.1, -0.05) is 56.0 Å². The van der Waals surface area contributed by atoms with Gasteiger partial charge >= 0.3 is 5.97 Å². The Labute approximate surface area is 139 Å². The van der Waals surface area contributed by atoms with Crippen molar-refractivity contribution in [1.29, 1.82) is 0 Å². The third-order valence-electron chi connectivity index (χ3n) is 4.80. The van der Waals surface area contributed by atoms with Crippen LogP contribution in [0.5, 0.6) is 0 Å². The molecule has 23 heavy (non-hydrogen) atoms. The second kappa shape index (κ2) is 10.4. The third kappa shape index (κ3) is 5.96. The highest BCUT2D eigenvalue weighted by molar-refractivity contribution is 5.76. The average molecular weight is 322 g/mol. The normalized spacial score (nSPS) is 21.0. The number of aliphatic hydroxyl groups excluding tert-OH is 2. The number of methoxy groups -OCH3 is 1. The summed E-state index contributed by atoms with van der Waals surface area (Å²) in [6.45, 7) is 0.140. The average Bonchev–Trinajstić information content (AvgIpc) is 3.40. The van der Waals surface area contributed by atoms with E-state index in [1.165, 1.54) is 45.6 Å². The van der Waals surface area contributed by atoms with E-state index in [0.29, 0.717) is 5.41 Å². The number of carbonyl (C=O) groups excluding carboxylic acids is 1. The Bertz CT molecular complexity index is 436. The van der Waals surface area contributed by atoms with Gasteiger partial charge in [0.05, 0.1) is 19.6 Å². The minimum atomic E-state index is 0.0295. The Morgan fingerprint density at radius 1 is 1.13 bits per heavy atom. The number of ether oxygens (including phenoxy) is 1. The lowest BCUT2D eigenvalue weighted by Crippen LogP contribution is -2.11. The predicted molar refractivity (Wildman–Crippen MR) is 90.8 cm³/mol. The molecule has 130 valence electrons. The van der Waals surface area contributed by atoms with Crippen LogP contribution < -0.4 is 0 Å². The van der Waals surface area contributed by atoms with Gasteiger partial charge in [-0.05, 0) is 30.2 Å². The molecule has 1 aromatic rings. The summed E-state index contributed by atoms with van der Waals surface area (Å²) < 4.78 is 4.80. The van der Waals surface area contributed by atoms with E-state index in [-0.39, 0.29) is 18.5 Å². The molecule has 3 rings (SSSR count). The maximum absolute atomic E-state index is 11.3. The highest BCUT2D eigenvalue weighted by Gasteiger charge is 2.57. The summed E-state index contributed by atoms with van der Waals surface area (Å²) in [6.07, 6.45) is 8.95. The van der Waals surface area contributed by atoms with Crippen LogP contribution in [-0.4, -0.2) is 30.4 Å². The highest BCUT2D eigenvalue weighted by atomic mass is 16.5. The van der Waals surface area contributed by atoms with E-state index in [1.807, 2.05) is 30.3 Å². The zero-order valence-electron chi connectivity index (χ0n) is 14.3. The first-order chi connectivity index (χ1) is 11.2. The van der Waals surface area contributed by atoms with Gasteiger partial charge < -0.3 is 14.9 Å². The van der Waals surface area contributed by atoms with Crippen molar-refractivity contribution < 1.29 is 19.7 Å². The van der Waals surface area contributed by atoms with Crippen molar-refractivity contribution in [3.05, 3.63) is 35.9 Å². The first-order valence-electron chi connectivity index (χ1n) is 8.39. The topological polar surface area (TPSA) is 66.8 Å². The second-order valence-corrected chi connectivity index (χ2v) is 6.20. The molecule has 0 bridgehead atoms. The lowest BCUT2D eigenvalue weighted by molar-refractivity contribution is -0.143. The van der Waals surface area contributed by atoms with E-state index in [4.69, 9.17) is 14.9 Å². The van der Waals surface area contributed by atoms with E-state index in [2.05, 4.69) is 0 Å². The molecule has 4 nitrogen and oxygen atoms in total. The first-order valence-corrected chi connectivity index (χ1v) is 8.39. The molecule has 4 heteroatoms. The quantitative estimate of drug-likeness (QED) is 0.820. The van der Waals surface area contributed by atoms with Crippen LogP contribution in [-0.2, 0) is 16.1 Å². The molecule has 0 radical (unpaired) electrons. The molecule has 0 aliphatic heterocycles. The largest absolute Gasteiger partial charge is 0.469 e. The van der Waals surface area contributed by atoms with Gasteiger partial charge in [-0.15, -0.1) is 0 Å². The zero-order valence-corrected chi connectivity index (χ0v) is 14.3. The van der Waals surface area contributed by atoms with Crippen LogP contribution in [0.15, 0.2) is 30.3 Å². The lowest BCUT2D eigenvalue weighted by Gasteiger charge is -2.12. The van der Waals surface area contributed by atoms with Crippen molar-refractivity contribution in [2.45, 2.75) is 51.6 Å². The number of aliphatic hydroxyl groups is 2. The number of benzene rings is 1. The van der Waals surface area contributed by atoms with Crippen LogP contribution in [0.4, 0.5) is 0 Å². The molecular weight excluding hydrogens is 292 g/mol. The first kappa shape index (κ1) is 19.7. The molecule has 1 atom stereocenters. The van der Waals surface area contributed by atoms with Gasteiger partial charge in [-0.3, -0.25) is 4.79 Å². The fourth-order valence-corrected chi connectivity index (χ4v) is 3.39. The van der Waals surface area contributed by atoms with Gasteiger partial charge in [0.25, 0.3) is 0 Å². The SMILES string of the molecule is CO.COC(=O)C1CC12CCCCCC2.OCc1ccccc1. The molecule has 0 heterocycles. The van der Waals surface area contributed by atoms with E-state index in [1.54, 1.807) is 0 Å². The van der Waals surface area contributed by atoms with Crippen LogP contribution in [0.1, 0.15) is 50.5 Å². The Morgan fingerprint density at radius 3 is 2.13 bits per heavy atom. The molecule has 0 saturated heterocycles. The van der Waals surface area contributed by atoms with Crippen LogP contribution in [0.2, 0.25) is 0 Å². The molecule has 2 fully saturated rings. The van der Waals surface area contributed by atoms with Crippen molar-refractivity contribution >= 4 is 5.97 Å². The molecule has 1 spiro atoms. The number of esters is 1. The minimum Gasteiger partial charge on any atom is -0.469 e. The summed E-state index contributed by atoms with van der Waals surface area (Å²) in [6, 6.07) is 9.52. The zero-order chi connectivity index (χ0) is 17.1. The van der Waals surface area contributed by atoms with Crippen LogP contribution in [0, 0.1) is 11.3 Å². The molecule has 1 unspecified atom stereocenters. The molecule has 2 saturated carbocycles. The van der Waals surface area contributed by atoms with Crippen molar-refractivity contribution in [3.8, 4) is 0 Å². The van der Waals surface area contributed by atoms with Crippen LogP contribution >= 0.6 is 0 Å². The maximum Gasteiger partial charge on any atom is 0.309 e. The molecule has 2 N–H and O–H groups in total. The minimum absolute atomic E-state index is 0.0295. The molecule has 1 aromatic carbocycles. The molecule has 2 aliphatic carbocycles. The van der Waals surface area contributed by atoms with Crippen molar-refractivity contribution in [2.75, 3.05) is 14.2 Å². The maximum atomic E-state index is 11.3. The third-order valence-corrected chi connectivity index (χ3v) is 4.80. The fraction of sp³-hybridized carbons (Fsp3) is 0.632. The molecule has 2 aliphatic rings. The standard InChI is InChI=1S/C11H18O2.C7H8O.CH4O/c1-13-10(12)9-8-11(9)6-4-2-3-5-7-11;8-6-7-4-2-1-3-5-7;1-2/h9H,2-8H2,1H3;1-5,8H,6H2;2H,1H3. The smallest absolute Gasteiger partial charge is 0.309 e. The van der Waals surface area contributed by atoms with E-state index < -0.39 is 0 Å². The van der Waals surface area contributed by atoms with Gasteiger partial charge in [-0.25, -0.2) is 0 Å². The predicted octanol–water partition coefficient (Wildman–Crippen LogP) is 3.31. The monoisotopic (exact) mass is 322 g/mol. The van der Waals surface area contributed by atoms with Gasteiger partial charge in [0.1, 0.15) is 0 Å². The fourth-order valence-electron chi connectivity index (χ4n) is 3.39. The Hall–Kier alpha value is -1.39. The molecule has 0 aromatic heterocycles. The van der Waals surface area contributed by atoms with Crippen molar-refractivity contribution in [1.82, 2.24) is 0 Å². The Morgan fingerprint density at radius 2 is 1.70 bits per heavy atom. The van der Waals surface area contributed by atoms with Gasteiger partial charge in [0.15, 0.2) is 0 Å². The molecule has 0 amide bonds. The molecular formula is C19H30O4. The number of hydrogen-bond donors (Lipinski definition) is 2. The summed E-state index contributed by atoms with van der Waals surface area (Å²) >= 11 is 0. The van der Waals surface area contributed by atoms with E-state index in [0.717, 1.165) is 19.1 Å². The van der Waals surface area contributed by atoms with Gasteiger partial charge in [0, 0.05) is 7.11 Å². The van der Waals surface area contributed by atoms with E-state index >= 15 is 0 Å². The second-order valence-electron chi connectivity index (χ2n) is 6.20. The highest BCUT2D eigenvalue weighted by Crippen LogP contribution is 2.60. The summed E-state index contributed by atoms with van der Waals surface area (Å²) in [4.78, 5) is 11.3. The Balaban J connectivity index is 0.000000228. The van der Waals surface area contributed by atoms with Crippen molar-refractivity contribution in [2.24, 2.45) is 11.3 Å². The van der Waals surface area contributed by atoms with Gasteiger partial charge in [0.2, 0.25) is 0 Å². The number of carbonyl (C=O) groups is 1. The number of hydrogen-bond acceptors (Lipinski definition) is 4. The summed E-state index contributed by atoms with van der Waals surface area (Å²) in [7, 11) is 2.51. The van der Waals surface area contributed by atoms with E-state index in [9.17, 15) is 4.79 Å². The summed E-state index contributed by atoms with van der Waals surface area (Å²) in [5.74, 6) is 0.275. The summed E-state index contributed by atoms with van der Waals surface area (Å²) in [5.41, 5.74) is 1.34. The summed E-state index contributed by atoms with van der Waals surface area (Å²) in [5, 5.41) is 15.5. The van der Waals surface area contributed by atoms with Crippen LogP contribution in [0.25, 0.3) is 0 Å². The lowest BCUT2D eigenvalue weighted by atomic mass is 9.94. The van der Waals surface area contributed by atoms with Crippen molar-refractivity contribution in [3.63, 3.8) is 0 Å². The van der Waals surface area contributed by atoms with Crippen LogP contribution in [0.3, 0.4) is 0 Å².